The van der Waals surface area contributed by atoms with E-state index in [9.17, 15) is 5.11 Å². The number of nitrogens with one attached hydrogen (secondary N) is 1. The molecule has 28 heavy (non-hydrogen) atoms. The second-order valence-electron chi connectivity index (χ2n) is 6.86. The molecule has 0 aliphatic heterocycles. The van der Waals surface area contributed by atoms with Crippen molar-refractivity contribution in [3.63, 3.8) is 0 Å². The molecule has 5 nitrogen and oxygen atoms in total. The molecule has 0 atom stereocenters. The third-order valence-corrected chi connectivity index (χ3v) is 5.44. The van der Waals surface area contributed by atoms with E-state index in [2.05, 4.69) is 26.5 Å². The van der Waals surface area contributed by atoms with E-state index in [4.69, 9.17) is 9.97 Å². The van der Waals surface area contributed by atoms with E-state index >= 15 is 0 Å². The number of hydrogen-bond acceptors (Lipinski definition) is 5. The molecule has 0 amide bonds. The van der Waals surface area contributed by atoms with Crippen LogP contribution < -0.4 is 5.43 Å². The number of nitrogens with zero attached hydrogens (tertiary/aromatic N) is 3. The van der Waals surface area contributed by atoms with Gasteiger partial charge in [-0.2, -0.15) is 5.10 Å². The summed E-state index contributed by atoms with van der Waals surface area (Å²) in [6.07, 6.45) is 4.18. The fourth-order valence-corrected chi connectivity index (χ4v) is 3.66. The Morgan fingerprint density at radius 3 is 2.57 bits per heavy atom. The van der Waals surface area contributed by atoms with Crippen molar-refractivity contribution in [1.29, 1.82) is 0 Å². The fourth-order valence-electron chi connectivity index (χ4n) is 3.39. The van der Waals surface area contributed by atoms with Gasteiger partial charge in [-0.15, -0.1) is 0 Å². The zero-order valence-electron chi connectivity index (χ0n) is 15.6. The van der Waals surface area contributed by atoms with Crippen molar-refractivity contribution in [1.82, 2.24) is 9.97 Å². The zero-order valence-corrected chi connectivity index (χ0v) is 17.2. The van der Waals surface area contributed by atoms with Crippen LogP contribution in [0.25, 0.3) is 11.4 Å². The Kier molecular flexibility index (Phi) is 5.39. The molecule has 0 fully saturated rings. The molecule has 0 radical (unpaired) electrons. The Morgan fingerprint density at radius 2 is 1.79 bits per heavy atom. The average molecular weight is 437 g/mol. The third kappa shape index (κ3) is 3.92. The molecule has 1 aromatic heterocycles. The number of aromatic nitrogens is 2. The van der Waals surface area contributed by atoms with Crippen molar-refractivity contribution >= 4 is 27.5 Å². The first-order valence-electron chi connectivity index (χ1n) is 9.36. The third-order valence-electron chi connectivity index (χ3n) is 4.91. The molecule has 0 unspecified atom stereocenters. The Hall–Kier alpha value is -2.73. The van der Waals surface area contributed by atoms with E-state index in [0.29, 0.717) is 17.1 Å². The number of fused-ring (bicyclic) bond motifs is 1. The van der Waals surface area contributed by atoms with Crippen molar-refractivity contribution in [3.8, 4) is 17.1 Å². The number of phenolic OH excluding ortho intramolecular Hbond substituents is 1. The van der Waals surface area contributed by atoms with E-state index in [-0.39, 0.29) is 5.75 Å². The van der Waals surface area contributed by atoms with Crippen LogP contribution in [0, 0.1) is 0 Å². The summed E-state index contributed by atoms with van der Waals surface area (Å²) >= 11 is 3.47. The number of hydrogen-bond donors (Lipinski definition) is 2. The predicted octanol–water partition coefficient (Wildman–Crippen LogP) is 5.33. The smallest absolute Gasteiger partial charge is 0.161 e. The lowest BCUT2D eigenvalue weighted by Crippen LogP contribution is -2.12. The molecule has 1 aliphatic carbocycles. The lowest BCUT2D eigenvalue weighted by Gasteiger charge is -2.19. The normalized spacial score (nSPS) is 13.9. The predicted molar refractivity (Wildman–Crippen MR) is 116 cm³/mol. The summed E-state index contributed by atoms with van der Waals surface area (Å²) in [6, 6.07) is 15.2. The van der Waals surface area contributed by atoms with Gasteiger partial charge in [0.2, 0.25) is 0 Å². The lowest BCUT2D eigenvalue weighted by molar-refractivity contribution is 0.474. The van der Waals surface area contributed by atoms with E-state index in [0.717, 1.165) is 52.8 Å². The highest BCUT2D eigenvalue weighted by Crippen LogP contribution is 2.29. The Balaban J connectivity index is 1.71. The van der Waals surface area contributed by atoms with Gasteiger partial charge in [0.25, 0.3) is 0 Å². The molecule has 2 N–H and O–H groups in total. The number of benzene rings is 2. The molecule has 0 saturated heterocycles. The first-order valence-corrected chi connectivity index (χ1v) is 10.2. The Labute approximate surface area is 172 Å². The molecule has 0 saturated carbocycles. The van der Waals surface area contributed by atoms with Crippen molar-refractivity contribution in [2.24, 2.45) is 5.10 Å². The maximum absolute atomic E-state index is 10.0. The fraction of sp³-hybridized carbons (Fsp3) is 0.227. The minimum atomic E-state index is 0.214. The standard InChI is InChI=1S/C22H21BrN4O/c1-14(17-6-3-5-9-20(17)28)26-27-22-18-7-2-4-8-19(18)24-21(25-22)15-10-12-16(23)13-11-15/h3,5-6,9-13,28H,2,4,7-8H2,1H3,(H,24,25,27)/b26-14+. The van der Waals surface area contributed by atoms with Crippen LogP contribution in [0.1, 0.15) is 36.6 Å². The number of phenols is 1. The first-order chi connectivity index (χ1) is 13.6. The summed E-state index contributed by atoms with van der Waals surface area (Å²) in [5.74, 6) is 1.66. The number of para-hydroxylation sites is 1. The van der Waals surface area contributed by atoms with Crippen LogP contribution in [0.15, 0.2) is 58.1 Å². The second kappa shape index (κ2) is 8.10. The minimum Gasteiger partial charge on any atom is -0.507 e. The SMILES string of the molecule is C/C(=N\Nc1nc(-c2ccc(Br)cc2)nc2c1CCCC2)c1ccccc1O. The van der Waals surface area contributed by atoms with Crippen molar-refractivity contribution in [2.75, 3.05) is 5.43 Å². The van der Waals surface area contributed by atoms with E-state index in [1.165, 1.54) is 0 Å². The summed E-state index contributed by atoms with van der Waals surface area (Å²) < 4.78 is 1.02. The van der Waals surface area contributed by atoms with Crippen molar-refractivity contribution < 1.29 is 5.11 Å². The van der Waals surface area contributed by atoms with E-state index in [1.54, 1.807) is 12.1 Å². The molecule has 142 valence electrons. The summed E-state index contributed by atoms with van der Waals surface area (Å²) in [4.78, 5) is 9.59. The molecule has 1 aliphatic rings. The van der Waals surface area contributed by atoms with Gasteiger partial charge in [-0.25, -0.2) is 9.97 Å². The van der Waals surface area contributed by atoms with Gasteiger partial charge in [0, 0.05) is 26.9 Å². The van der Waals surface area contributed by atoms with Gasteiger partial charge in [0.1, 0.15) is 5.75 Å². The highest BCUT2D eigenvalue weighted by atomic mass is 79.9. The van der Waals surface area contributed by atoms with Crippen LogP contribution >= 0.6 is 15.9 Å². The van der Waals surface area contributed by atoms with Crippen LogP contribution in [0.2, 0.25) is 0 Å². The topological polar surface area (TPSA) is 70.4 Å². The number of aromatic hydroxyl groups is 1. The second-order valence-corrected chi connectivity index (χ2v) is 7.78. The van der Waals surface area contributed by atoms with Crippen LogP contribution in [0.4, 0.5) is 5.82 Å². The molecule has 3 aromatic rings. The highest BCUT2D eigenvalue weighted by molar-refractivity contribution is 9.10. The van der Waals surface area contributed by atoms with Gasteiger partial charge in [0.15, 0.2) is 11.6 Å². The van der Waals surface area contributed by atoms with Gasteiger partial charge in [-0.05, 0) is 56.9 Å². The van der Waals surface area contributed by atoms with Crippen LogP contribution in [0.5, 0.6) is 5.75 Å². The maximum atomic E-state index is 10.0. The molecule has 6 heteroatoms. The minimum absolute atomic E-state index is 0.214. The number of aryl methyl sites for hydroxylation is 1. The molecular formula is C22H21BrN4O. The lowest BCUT2D eigenvalue weighted by atomic mass is 9.96. The summed E-state index contributed by atoms with van der Waals surface area (Å²) in [7, 11) is 0. The van der Waals surface area contributed by atoms with Crippen LogP contribution in [-0.4, -0.2) is 20.8 Å². The van der Waals surface area contributed by atoms with E-state index < -0.39 is 0 Å². The number of hydrazone groups is 1. The molecular weight excluding hydrogens is 416 g/mol. The largest absolute Gasteiger partial charge is 0.507 e. The number of rotatable bonds is 4. The molecule has 1 heterocycles. The summed E-state index contributed by atoms with van der Waals surface area (Å²) in [5.41, 5.74) is 7.74. The Morgan fingerprint density at radius 1 is 1.04 bits per heavy atom. The monoisotopic (exact) mass is 436 g/mol. The zero-order chi connectivity index (χ0) is 19.5. The van der Waals surface area contributed by atoms with Crippen LogP contribution in [-0.2, 0) is 12.8 Å². The van der Waals surface area contributed by atoms with Crippen LogP contribution in [0.3, 0.4) is 0 Å². The van der Waals surface area contributed by atoms with Gasteiger partial charge < -0.3 is 5.11 Å². The van der Waals surface area contributed by atoms with E-state index in [1.807, 2.05) is 43.3 Å². The first kappa shape index (κ1) is 18.6. The molecule has 2 aromatic carbocycles. The highest BCUT2D eigenvalue weighted by Gasteiger charge is 2.18. The molecule has 4 rings (SSSR count). The van der Waals surface area contributed by atoms with Crippen molar-refractivity contribution in [3.05, 3.63) is 69.8 Å². The van der Waals surface area contributed by atoms with Gasteiger partial charge in [-0.3, -0.25) is 5.43 Å². The van der Waals surface area contributed by atoms with Gasteiger partial charge in [0.05, 0.1) is 5.71 Å². The molecule has 0 bridgehead atoms. The maximum Gasteiger partial charge on any atom is 0.161 e. The van der Waals surface area contributed by atoms with Crippen molar-refractivity contribution in [2.45, 2.75) is 32.6 Å². The summed E-state index contributed by atoms with van der Waals surface area (Å²) in [6.45, 7) is 1.87. The average Bonchev–Trinajstić information content (AvgIpc) is 2.72. The Bertz CT molecular complexity index is 1030. The number of anilines is 1. The quantitative estimate of drug-likeness (QED) is 0.428. The van der Waals surface area contributed by atoms with Gasteiger partial charge in [-0.1, -0.05) is 40.2 Å². The van der Waals surface area contributed by atoms with Gasteiger partial charge >= 0.3 is 0 Å². The molecule has 0 spiro atoms. The number of halogens is 1. The summed E-state index contributed by atoms with van der Waals surface area (Å²) in [5, 5.41) is 14.5.